The van der Waals surface area contributed by atoms with Crippen molar-refractivity contribution in [2.45, 2.75) is 0 Å². The Kier molecular flexibility index (Phi) is 2.49. The largest absolute Gasteiger partial charge is 0.0837 e. The van der Waals surface area contributed by atoms with Gasteiger partial charge in [0.25, 0.3) is 0 Å². The molecule has 116 valence electrons. The summed E-state index contributed by atoms with van der Waals surface area (Å²) in [6.45, 7) is 0. The van der Waals surface area contributed by atoms with Gasteiger partial charge in [-0.25, -0.2) is 0 Å². The standard InChI is InChI=1S/C24H13Cl/c25-22-9-3-6-15-13-21-16(12-20(15)22)10-11-18-17-7-1-4-14-5-2-8-19(23(14)17)24(18)21/h1-13H. The summed E-state index contributed by atoms with van der Waals surface area (Å²) in [4.78, 5) is 0. The number of hydrogen-bond acceptors (Lipinski definition) is 0. The molecule has 0 aromatic heterocycles. The second kappa shape index (κ2) is 4.62. The van der Waals surface area contributed by atoms with Crippen LogP contribution < -0.4 is 0 Å². The molecule has 0 saturated heterocycles. The van der Waals surface area contributed by atoms with Crippen molar-refractivity contribution in [1.29, 1.82) is 0 Å². The van der Waals surface area contributed by atoms with Gasteiger partial charge in [-0.3, -0.25) is 0 Å². The normalized spacial score (nSPS) is 12.2. The van der Waals surface area contributed by atoms with Gasteiger partial charge in [-0.1, -0.05) is 72.3 Å². The van der Waals surface area contributed by atoms with Crippen LogP contribution in [0.5, 0.6) is 0 Å². The number of halogens is 1. The molecule has 0 fully saturated rings. The first kappa shape index (κ1) is 13.5. The fourth-order valence-electron chi connectivity index (χ4n) is 4.35. The second-order valence-electron chi connectivity index (χ2n) is 6.73. The average Bonchev–Trinajstić information content (AvgIpc) is 2.98. The molecular formula is C24H13Cl. The number of fused-ring (bicyclic) bond motifs is 6. The van der Waals surface area contributed by atoms with Crippen molar-refractivity contribution in [2.75, 3.05) is 0 Å². The maximum absolute atomic E-state index is 6.41. The van der Waals surface area contributed by atoms with E-state index in [1.807, 2.05) is 12.1 Å². The van der Waals surface area contributed by atoms with Crippen molar-refractivity contribution in [1.82, 2.24) is 0 Å². The van der Waals surface area contributed by atoms with Gasteiger partial charge in [0.2, 0.25) is 0 Å². The number of rotatable bonds is 0. The third-order valence-corrected chi connectivity index (χ3v) is 5.76. The average molecular weight is 337 g/mol. The van der Waals surface area contributed by atoms with Gasteiger partial charge in [0.05, 0.1) is 0 Å². The van der Waals surface area contributed by atoms with Gasteiger partial charge in [0.15, 0.2) is 0 Å². The zero-order chi connectivity index (χ0) is 16.5. The lowest BCUT2D eigenvalue weighted by Gasteiger charge is -2.10. The van der Waals surface area contributed by atoms with Crippen LogP contribution in [0.1, 0.15) is 0 Å². The fraction of sp³-hybridized carbons (Fsp3) is 0. The van der Waals surface area contributed by atoms with Crippen molar-refractivity contribution in [2.24, 2.45) is 0 Å². The second-order valence-corrected chi connectivity index (χ2v) is 7.14. The quantitative estimate of drug-likeness (QED) is 0.253. The molecule has 1 heteroatoms. The number of benzene rings is 5. The van der Waals surface area contributed by atoms with E-state index in [9.17, 15) is 0 Å². The lowest BCUT2D eigenvalue weighted by Crippen LogP contribution is -1.83. The van der Waals surface area contributed by atoms with E-state index in [2.05, 4.69) is 66.7 Å². The minimum absolute atomic E-state index is 0.810. The summed E-state index contributed by atoms with van der Waals surface area (Å²) in [5.41, 5.74) is 5.37. The van der Waals surface area contributed by atoms with Crippen molar-refractivity contribution in [3.63, 3.8) is 0 Å². The number of hydrogen-bond donors (Lipinski definition) is 0. The highest BCUT2D eigenvalue weighted by Crippen LogP contribution is 2.50. The van der Waals surface area contributed by atoms with Crippen LogP contribution in [-0.2, 0) is 0 Å². The van der Waals surface area contributed by atoms with Gasteiger partial charge in [0.1, 0.15) is 0 Å². The van der Waals surface area contributed by atoms with Crippen LogP contribution in [-0.4, -0.2) is 0 Å². The zero-order valence-electron chi connectivity index (χ0n) is 13.4. The SMILES string of the molecule is Clc1cccc2cc3c4c(ccc3cc12)-c1cccc2cccc-4c12. The molecule has 0 N–H and O–H groups in total. The molecule has 0 atom stereocenters. The Hall–Kier alpha value is -2.83. The van der Waals surface area contributed by atoms with Gasteiger partial charge in [-0.15, -0.1) is 0 Å². The highest BCUT2D eigenvalue weighted by Gasteiger charge is 2.23. The minimum Gasteiger partial charge on any atom is -0.0837 e. The summed E-state index contributed by atoms with van der Waals surface area (Å²) in [6.07, 6.45) is 0. The Labute approximate surface area is 150 Å². The summed E-state index contributed by atoms with van der Waals surface area (Å²) in [7, 11) is 0. The molecule has 6 rings (SSSR count). The van der Waals surface area contributed by atoms with Crippen LogP contribution in [0.2, 0.25) is 5.02 Å². The Morgan fingerprint density at radius 3 is 2.08 bits per heavy atom. The molecule has 5 aromatic rings. The van der Waals surface area contributed by atoms with Crippen LogP contribution >= 0.6 is 11.6 Å². The van der Waals surface area contributed by atoms with Gasteiger partial charge < -0.3 is 0 Å². The zero-order valence-corrected chi connectivity index (χ0v) is 14.1. The van der Waals surface area contributed by atoms with E-state index >= 15 is 0 Å². The lowest BCUT2D eigenvalue weighted by molar-refractivity contribution is 1.74. The summed E-state index contributed by atoms with van der Waals surface area (Å²) in [5.74, 6) is 0. The Bertz CT molecular complexity index is 1340. The van der Waals surface area contributed by atoms with E-state index in [1.165, 1.54) is 49.2 Å². The molecular weight excluding hydrogens is 324 g/mol. The molecule has 0 aliphatic heterocycles. The Balaban J connectivity index is 1.84. The third kappa shape index (κ3) is 1.67. The molecule has 0 spiro atoms. The van der Waals surface area contributed by atoms with Crippen LogP contribution in [0.4, 0.5) is 0 Å². The molecule has 0 unspecified atom stereocenters. The van der Waals surface area contributed by atoms with E-state index in [0.717, 1.165) is 10.4 Å². The van der Waals surface area contributed by atoms with E-state index < -0.39 is 0 Å². The molecule has 25 heavy (non-hydrogen) atoms. The summed E-state index contributed by atoms with van der Waals surface area (Å²) >= 11 is 6.41. The highest BCUT2D eigenvalue weighted by molar-refractivity contribution is 6.36. The summed E-state index contributed by atoms with van der Waals surface area (Å²) in [5, 5.41) is 8.34. The van der Waals surface area contributed by atoms with Crippen LogP contribution in [0.15, 0.2) is 78.9 Å². The van der Waals surface area contributed by atoms with Gasteiger partial charge in [-0.05, 0) is 67.4 Å². The molecule has 1 aliphatic carbocycles. The van der Waals surface area contributed by atoms with Crippen molar-refractivity contribution in [3.8, 4) is 22.3 Å². The van der Waals surface area contributed by atoms with Crippen molar-refractivity contribution < 1.29 is 0 Å². The first-order valence-electron chi connectivity index (χ1n) is 8.49. The monoisotopic (exact) mass is 336 g/mol. The first-order chi connectivity index (χ1) is 12.3. The highest BCUT2D eigenvalue weighted by atomic mass is 35.5. The molecule has 5 aromatic carbocycles. The molecule has 0 heterocycles. The van der Waals surface area contributed by atoms with Gasteiger partial charge >= 0.3 is 0 Å². The molecule has 0 saturated carbocycles. The van der Waals surface area contributed by atoms with Crippen LogP contribution in [0.25, 0.3) is 54.6 Å². The predicted molar refractivity (Wildman–Crippen MR) is 108 cm³/mol. The summed E-state index contributed by atoms with van der Waals surface area (Å²) < 4.78 is 0. The molecule has 0 radical (unpaired) electrons. The molecule has 0 nitrogen and oxygen atoms in total. The van der Waals surface area contributed by atoms with Crippen molar-refractivity contribution >= 4 is 43.9 Å². The van der Waals surface area contributed by atoms with Gasteiger partial charge in [-0.2, -0.15) is 0 Å². The van der Waals surface area contributed by atoms with E-state index in [4.69, 9.17) is 11.6 Å². The maximum Gasteiger partial charge on any atom is 0.0484 e. The minimum atomic E-state index is 0.810. The van der Waals surface area contributed by atoms with E-state index in [0.29, 0.717) is 0 Å². The predicted octanol–water partition coefficient (Wildman–Crippen LogP) is 7.45. The van der Waals surface area contributed by atoms with Gasteiger partial charge in [0, 0.05) is 10.4 Å². The topological polar surface area (TPSA) is 0 Å². The van der Waals surface area contributed by atoms with Crippen LogP contribution in [0, 0.1) is 0 Å². The Morgan fingerprint density at radius 1 is 0.520 bits per heavy atom. The third-order valence-electron chi connectivity index (χ3n) is 5.43. The molecule has 0 bridgehead atoms. The van der Waals surface area contributed by atoms with E-state index in [-0.39, 0.29) is 0 Å². The summed E-state index contributed by atoms with van der Waals surface area (Å²) in [6, 6.07) is 28.3. The molecule has 0 amide bonds. The lowest BCUT2D eigenvalue weighted by atomic mass is 9.94. The molecule has 1 aliphatic rings. The van der Waals surface area contributed by atoms with E-state index in [1.54, 1.807) is 0 Å². The smallest absolute Gasteiger partial charge is 0.0484 e. The first-order valence-corrected chi connectivity index (χ1v) is 8.86. The maximum atomic E-state index is 6.41. The Morgan fingerprint density at radius 2 is 1.20 bits per heavy atom. The van der Waals surface area contributed by atoms with Crippen molar-refractivity contribution in [3.05, 3.63) is 83.9 Å². The fourth-order valence-corrected chi connectivity index (χ4v) is 4.58. The van der Waals surface area contributed by atoms with Crippen LogP contribution in [0.3, 0.4) is 0 Å².